The molecule has 2 heterocycles. The smallest absolute Gasteiger partial charge is 0.264 e. The number of hydrogen-bond donors (Lipinski definition) is 2. The van der Waals surface area contributed by atoms with E-state index >= 15 is 0 Å². The molecule has 5 amide bonds. The lowest BCUT2D eigenvalue weighted by Gasteiger charge is -2.27. The van der Waals surface area contributed by atoms with Gasteiger partial charge < -0.3 is 47.6 Å². The third kappa shape index (κ3) is 18.8. The van der Waals surface area contributed by atoms with Gasteiger partial charge in [0.15, 0.2) is 8.32 Å². The van der Waals surface area contributed by atoms with Gasteiger partial charge in [0.25, 0.3) is 11.8 Å². The number of fused-ring (bicyclic) bond motifs is 1. The number of rotatable bonds is 33. The third-order valence-corrected chi connectivity index (χ3v) is 9.37. The zero-order valence-corrected chi connectivity index (χ0v) is 34.2. The number of benzene rings is 1. The molecule has 0 saturated carbocycles. The molecule has 1 saturated heterocycles. The second-order valence-electron chi connectivity index (χ2n) is 13.9. The van der Waals surface area contributed by atoms with Gasteiger partial charge in [-0.3, -0.25) is 34.2 Å². The van der Waals surface area contributed by atoms with E-state index in [2.05, 4.69) is 30.3 Å². The lowest BCUT2D eigenvalue weighted by Crippen LogP contribution is -2.54. The Balaban J connectivity index is 1.04. The number of carbonyl (C=O) groups is 5. The molecule has 1 unspecified atom stereocenters. The number of amides is 5. The molecule has 17 nitrogen and oxygen atoms in total. The molecule has 3 rings (SSSR count). The van der Waals surface area contributed by atoms with Crippen LogP contribution in [-0.4, -0.2) is 161 Å². The van der Waals surface area contributed by atoms with Crippen molar-refractivity contribution >= 4 is 43.5 Å². The number of unbranched alkanes of at least 4 members (excludes halogenated alkanes) is 2. The molecule has 1 aromatic carbocycles. The van der Waals surface area contributed by atoms with Crippen molar-refractivity contribution in [3.8, 4) is 0 Å². The minimum absolute atomic E-state index is 0.0298. The van der Waals surface area contributed by atoms with Gasteiger partial charge in [0.05, 0.1) is 123 Å². The summed E-state index contributed by atoms with van der Waals surface area (Å²) in [6.07, 6.45) is 2.47. The van der Waals surface area contributed by atoms with E-state index < -0.39 is 38.0 Å². The van der Waals surface area contributed by atoms with Gasteiger partial charge in [-0.2, -0.15) is 0 Å². The Bertz CT molecular complexity index is 1360. The summed E-state index contributed by atoms with van der Waals surface area (Å²) in [6, 6.07) is 3.54. The predicted molar refractivity (Wildman–Crippen MR) is 206 cm³/mol. The van der Waals surface area contributed by atoms with Gasteiger partial charge in [-0.15, -0.1) is 0 Å². The SMILES string of the molecule is C[Si](C)(C)OCCOCCOCCOCCOCCOCCOCCOCCOCCCCCC(=O)Nc1cccc2c1C(=O)N(C1CCC(=O)NC1=O)C2=O. The normalized spacial score (nSPS) is 15.8. The zero-order chi connectivity index (χ0) is 40.4. The number of nitrogens with zero attached hydrogens (tertiary/aromatic N) is 1. The molecule has 0 bridgehead atoms. The Hall–Kier alpha value is -3.17. The number of ether oxygens (including phenoxy) is 8. The van der Waals surface area contributed by atoms with E-state index in [9.17, 15) is 24.0 Å². The van der Waals surface area contributed by atoms with Crippen molar-refractivity contribution < 1.29 is 66.3 Å². The average Bonchev–Trinajstić information content (AvgIpc) is 3.41. The van der Waals surface area contributed by atoms with Crippen molar-refractivity contribution in [1.29, 1.82) is 0 Å². The molecule has 316 valence electrons. The van der Waals surface area contributed by atoms with Crippen molar-refractivity contribution in [1.82, 2.24) is 10.2 Å². The van der Waals surface area contributed by atoms with Crippen molar-refractivity contribution in [2.45, 2.75) is 64.2 Å². The first kappa shape index (κ1) is 47.2. The van der Waals surface area contributed by atoms with Crippen LogP contribution in [0.4, 0.5) is 5.69 Å². The number of piperidine rings is 1. The summed E-state index contributed by atoms with van der Waals surface area (Å²) in [6.45, 7) is 15.0. The number of carbonyl (C=O) groups excluding carboxylic acids is 5. The van der Waals surface area contributed by atoms with Crippen LogP contribution in [0.3, 0.4) is 0 Å². The topological polar surface area (TPSA) is 196 Å². The van der Waals surface area contributed by atoms with Crippen molar-refractivity contribution in [3.63, 3.8) is 0 Å². The number of nitrogens with one attached hydrogen (secondary N) is 2. The van der Waals surface area contributed by atoms with Crippen LogP contribution in [0.2, 0.25) is 19.6 Å². The monoisotopic (exact) mass is 811 g/mol. The molecule has 1 atom stereocenters. The summed E-state index contributed by atoms with van der Waals surface area (Å²) in [4.78, 5) is 63.5. The van der Waals surface area contributed by atoms with E-state index in [0.29, 0.717) is 119 Å². The van der Waals surface area contributed by atoms with Crippen LogP contribution in [-0.2, 0) is 56.7 Å². The molecule has 18 heteroatoms. The van der Waals surface area contributed by atoms with E-state index in [0.717, 1.165) is 17.7 Å². The minimum atomic E-state index is -1.47. The Kier molecular flexibility index (Phi) is 23.1. The van der Waals surface area contributed by atoms with Crippen molar-refractivity contribution in [2.24, 2.45) is 0 Å². The molecule has 0 radical (unpaired) electrons. The highest BCUT2D eigenvalue weighted by Crippen LogP contribution is 2.32. The highest BCUT2D eigenvalue weighted by molar-refractivity contribution is 6.69. The van der Waals surface area contributed by atoms with Crippen LogP contribution in [0.15, 0.2) is 18.2 Å². The summed E-state index contributed by atoms with van der Waals surface area (Å²) in [5.74, 6) is -2.71. The zero-order valence-electron chi connectivity index (χ0n) is 33.2. The maximum atomic E-state index is 13.2. The summed E-state index contributed by atoms with van der Waals surface area (Å²) in [5, 5.41) is 4.91. The molecule has 1 aromatic rings. The largest absolute Gasteiger partial charge is 0.415 e. The minimum Gasteiger partial charge on any atom is -0.415 e. The lowest BCUT2D eigenvalue weighted by molar-refractivity contribution is -0.136. The fraction of sp³-hybridized carbons (Fsp3) is 0.711. The number of hydrogen-bond acceptors (Lipinski definition) is 14. The van der Waals surface area contributed by atoms with Gasteiger partial charge in [-0.1, -0.05) is 12.5 Å². The van der Waals surface area contributed by atoms with Crippen LogP contribution in [0.5, 0.6) is 0 Å². The Morgan fingerprint density at radius 3 is 1.62 bits per heavy atom. The quantitative estimate of drug-likeness (QED) is 0.0597. The first-order chi connectivity index (χ1) is 27.1. The van der Waals surface area contributed by atoms with Crippen molar-refractivity contribution in [2.75, 3.05) is 118 Å². The molecule has 0 aliphatic carbocycles. The second kappa shape index (κ2) is 27.5. The van der Waals surface area contributed by atoms with E-state index in [1.54, 1.807) is 12.1 Å². The molecule has 2 aliphatic rings. The molecule has 1 fully saturated rings. The van der Waals surface area contributed by atoms with E-state index in [1.165, 1.54) is 6.07 Å². The van der Waals surface area contributed by atoms with Gasteiger partial charge in [0.2, 0.25) is 17.7 Å². The van der Waals surface area contributed by atoms with Gasteiger partial charge >= 0.3 is 0 Å². The van der Waals surface area contributed by atoms with E-state index in [-0.39, 0.29) is 42.0 Å². The molecule has 56 heavy (non-hydrogen) atoms. The van der Waals surface area contributed by atoms with Gasteiger partial charge in [-0.05, 0) is 51.0 Å². The predicted octanol–water partition coefficient (Wildman–Crippen LogP) is 2.57. The second-order valence-corrected chi connectivity index (χ2v) is 18.4. The molecular weight excluding hydrogens is 751 g/mol. The fourth-order valence-corrected chi connectivity index (χ4v) is 6.24. The van der Waals surface area contributed by atoms with Gasteiger partial charge in [0, 0.05) is 19.4 Å². The first-order valence-corrected chi connectivity index (χ1v) is 22.9. The van der Waals surface area contributed by atoms with Crippen LogP contribution < -0.4 is 10.6 Å². The number of imide groups is 2. The van der Waals surface area contributed by atoms with Crippen LogP contribution in [0.25, 0.3) is 0 Å². The summed E-state index contributed by atoms with van der Waals surface area (Å²) in [7, 11) is -1.47. The first-order valence-electron chi connectivity index (χ1n) is 19.5. The van der Waals surface area contributed by atoms with Crippen LogP contribution >= 0.6 is 0 Å². The Morgan fingerprint density at radius 1 is 0.661 bits per heavy atom. The third-order valence-electron chi connectivity index (χ3n) is 8.30. The molecular formula is C38H61N3O14Si. The highest BCUT2D eigenvalue weighted by Gasteiger charge is 2.45. The lowest BCUT2D eigenvalue weighted by atomic mass is 10.0. The molecule has 0 spiro atoms. The molecule has 0 aromatic heterocycles. The van der Waals surface area contributed by atoms with Crippen LogP contribution in [0.1, 0.15) is 59.2 Å². The summed E-state index contributed by atoms with van der Waals surface area (Å²) >= 11 is 0. The summed E-state index contributed by atoms with van der Waals surface area (Å²) in [5.41, 5.74) is 0.387. The highest BCUT2D eigenvalue weighted by atomic mass is 28.4. The molecule has 2 N–H and O–H groups in total. The van der Waals surface area contributed by atoms with E-state index in [4.69, 9.17) is 42.3 Å². The summed E-state index contributed by atoms with van der Waals surface area (Å²) < 4.78 is 49.7. The standard InChI is InChI=1S/C38H61N3O14Si/c1-56(2,3)55-29-28-54-27-26-53-25-24-52-23-22-51-21-20-50-19-18-49-17-16-48-15-14-47-13-6-4-5-10-33(42)39-31-9-7-8-30-35(31)38(46)41(37(30)45)32-11-12-34(43)40-36(32)44/h7-9,32H,4-6,10-29H2,1-3H3,(H,39,42)(H,40,43,44). The van der Waals surface area contributed by atoms with Crippen molar-refractivity contribution in [3.05, 3.63) is 29.3 Å². The van der Waals surface area contributed by atoms with Gasteiger partial charge in [0.1, 0.15) is 6.04 Å². The average molecular weight is 812 g/mol. The maximum absolute atomic E-state index is 13.2. The maximum Gasteiger partial charge on any atom is 0.264 e. The number of anilines is 1. The molecule has 2 aliphatic heterocycles. The Labute approximate surface area is 330 Å². The van der Waals surface area contributed by atoms with Gasteiger partial charge in [-0.25, -0.2) is 0 Å². The van der Waals surface area contributed by atoms with Crippen LogP contribution in [0, 0.1) is 0 Å². The van der Waals surface area contributed by atoms with E-state index in [1.807, 2.05) is 0 Å². The Morgan fingerprint density at radius 2 is 1.14 bits per heavy atom. The fourth-order valence-electron chi connectivity index (χ4n) is 5.55.